The zero-order valence-electron chi connectivity index (χ0n) is 6.99. The molecule has 0 saturated carbocycles. The Morgan fingerprint density at radius 2 is 2.23 bits per heavy atom. The number of halogens is 1. The molecule has 2 aromatic rings. The van der Waals surface area contributed by atoms with Crippen LogP contribution in [0.2, 0.25) is 0 Å². The van der Waals surface area contributed by atoms with Crippen molar-refractivity contribution in [3.8, 4) is 5.75 Å². The molecule has 66 valence electrons. The molecule has 0 aliphatic rings. The molecule has 3 nitrogen and oxygen atoms in total. The quantitative estimate of drug-likeness (QED) is 0.766. The van der Waals surface area contributed by atoms with E-state index in [0.29, 0.717) is 0 Å². The molecule has 0 aliphatic heterocycles. The van der Waals surface area contributed by atoms with Crippen molar-refractivity contribution in [1.82, 2.24) is 10.2 Å². The molecule has 2 rings (SSSR count). The molecule has 0 unspecified atom stereocenters. The van der Waals surface area contributed by atoms with Crippen LogP contribution in [0.3, 0.4) is 0 Å². The Hall–Kier alpha value is -1.16. The van der Waals surface area contributed by atoms with Crippen LogP contribution in [-0.4, -0.2) is 17.3 Å². The van der Waals surface area contributed by atoms with E-state index in [-0.39, 0.29) is 0 Å². The highest BCUT2D eigenvalue weighted by molar-refractivity contribution is 9.10. The van der Waals surface area contributed by atoms with E-state index in [4.69, 9.17) is 4.74 Å². The topological polar surface area (TPSA) is 35.0 Å². The molecule has 0 bridgehead atoms. The summed E-state index contributed by atoms with van der Waals surface area (Å²) in [5, 5.41) is 8.82. The zero-order valence-corrected chi connectivity index (χ0v) is 8.58. The molecule has 0 spiro atoms. The van der Waals surface area contributed by atoms with Gasteiger partial charge in [-0.05, 0) is 18.2 Å². The summed E-state index contributed by atoms with van der Waals surface area (Å²) in [6.07, 6.45) is 1.66. The molecule has 0 saturated heterocycles. The second-order valence-corrected chi connectivity index (χ2v) is 3.49. The summed E-state index contributed by atoms with van der Waals surface area (Å²) in [7, 11) is 1.62. The average molecular weight is 239 g/mol. The third kappa shape index (κ3) is 1.49. The van der Waals surface area contributed by atoms with Gasteiger partial charge in [0, 0.05) is 9.86 Å². The van der Waals surface area contributed by atoms with Crippen molar-refractivity contribution in [1.29, 1.82) is 0 Å². The Balaban J connectivity index is 2.81. The van der Waals surface area contributed by atoms with Crippen LogP contribution < -0.4 is 4.74 Å². The molecular weight excluding hydrogens is 232 g/mol. The number of hydrogen-bond donors (Lipinski definition) is 0. The van der Waals surface area contributed by atoms with E-state index in [1.54, 1.807) is 13.3 Å². The number of aromatic nitrogens is 2. The molecule has 0 radical (unpaired) electrons. The normalized spacial score (nSPS) is 10.3. The summed E-state index contributed by atoms with van der Waals surface area (Å²) in [6, 6.07) is 5.75. The van der Waals surface area contributed by atoms with E-state index < -0.39 is 0 Å². The smallest absolute Gasteiger partial charge is 0.148 e. The van der Waals surface area contributed by atoms with Crippen LogP contribution in [0.4, 0.5) is 0 Å². The lowest BCUT2D eigenvalue weighted by atomic mass is 10.2. The molecule has 1 aromatic heterocycles. The standard InChI is InChI=1S/C9H7BrN2O/c1-13-8-5-7(10)4-6-2-3-11-12-9(6)8/h2-5H,1H3. The summed E-state index contributed by atoms with van der Waals surface area (Å²) in [5.41, 5.74) is 0.785. The van der Waals surface area contributed by atoms with Gasteiger partial charge in [0.2, 0.25) is 0 Å². The van der Waals surface area contributed by atoms with Crippen LogP contribution in [0, 0.1) is 0 Å². The van der Waals surface area contributed by atoms with Gasteiger partial charge in [0.1, 0.15) is 11.3 Å². The first kappa shape index (κ1) is 8.44. The van der Waals surface area contributed by atoms with Crippen molar-refractivity contribution in [2.45, 2.75) is 0 Å². The van der Waals surface area contributed by atoms with E-state index in [2.05, 4.69) is 26.1 Å². The van der Waals surface area contributed by atoms with Gasteiger partial charge in [-0.3, -0.25) is 0 Å². The average Bonchev–Trinajstić information content (AvgIpc) is 2.16. The maximum absolute atomic E-state index is 5.18. The van der Waals surface area contributed by atoms with Crippen molar-refractivity contribution in [2.75, 3.05) is 7.11 Å². The number of fused-ring (bicyclic) bond motifs is 1. The number of benzene rings is 1. The lowest BCUT2D eigenvalue weighted by Crippen LogP contribution is -1.89. The van der Waals surface area contributed by atoms with Crippen LogP contribution >= 0.6 is 15.9 Å². The fraction of sp³-hybridized carbons (Fsp3) is 0.111. The van der Waals surface area contributed by atoms with Gasteiger partial charge in [-0.15, -0.1) is 5.10 Å². The number of rotatable bonds is 1. The Kier molecular flexibility index (Phi) is 2.14. The molecule has 4 heteroatoms. The van der Waals surface area contributed by atoms with Crippen molar-refractivity contribution >= 4 is 26.8 Å². The number of ether oxygens (including phenoxy) is 1. The minimum Gasteiger partial charge on any atom is -0.494 e. The summed E-state index contributed by atoms with van der Waals surface area (Å²) in [6.45, 7) is 0. The van der Waals surface area contributed by atoms with Crippen LogP contribution in [0.5, 0.6) is 5.75 Å². The van der Waals surface area contributed by atoms with Gasteiger partial charge in [0.05, 0.1) is 13.3 Å². The molecule has 0 N–H and O–H groups in total. The Bertz CT molecular complexity index is 445. The number of nitrogens with zero attached hydrogens (tertiary/aromatic N) is 2. The van der Waals surface area contributed by atoms with Crippen molar-refractivity contribution in [2.24, 2.45) is 0 Å². The lowest BCUT2D eigenvalue weighted by Gasteiger charge is -2.03. The first-order chi connectivity index (χ1) is 6.31. The second-order valence-electron chi connectivity index (χ2n) is 2.58. The van der Waals surface area contributed by atoms with E-state index in [1.165, 1.54) is 0 Å². The molecule has 0 aliphatic carbocycles. The number of methoxy groups -OCH3 is 1. The molecule has 1 aromatic carbocycles. The highest BCUT2D eigenvalue weighted by Crippen LogP contribution is 2.27. The third-order valence-corrected chi connectivity index (χ3v) is 2.23. The fourth-order valence-corrected chi connectivity index (χ4v) is 1.64. The predicted octanol–water partition coefficient (Wildman–Crippen LogP) is 2.40. The van der Waals surface area contributed by atoms with Gasteiger partial charge >= 0.3 is 0 Å². The number of hydrogen-bond acceptors (Lipinski definition) is 3. The molecular formula is C9H7BrN2O. The van der Waals surface area contributed by atoms with Crippen LogP contribution in [0.15, 0.2) is 28.9 Å². The van der Waals surface area contributed by atoms with Crippen LogP contribution in [0.25, 0.3) is 10.9 Å². The zero-order chi connectivity index (χ0) is 9.26. The Morgan fingerprint density at radius 3 is 3.00 bits per heavy atom. The van der Waals surface area contributed by atoms with Gasteiger partial charge < -0.3 is 4.74 Å². The molecule has 0 fully saturated rings. The monoisotopic (exact) mass is 238 g/mol. The summed E-state index contributed by atoms with van der Waals surface area (Å²) in [4.78, 5) is 0. The second kappa shape index (κ2) is 3.30. The van der Waals surface area contributed by atoms with Gasteiger partial charge in [-0.25, -0.2) is 0 Å². The molecule has 1 heterocycles. The Labute approximate surface area is 83.9 Å². The highest BCUT2D eigenvalue weighted by atomic mass is 79.9. The van der Waals surface area contributed by atoms with Gasteiger partial charge in [0.15, 0.2) is 0 Å². The van der Waals surface area contributed by atoms with E-state index in [1.807, 2.05) is 18.2 Å². The maximum atomic E-state index is 5.18. The van der Waals surface area contributed by atoms with E-state index in [0.717, 1.165) is 21.1 Å². The molecule has 13 heavy (non-hydrogen) atoms. The maximum Gasteiger partial charge on any atom is 0.148 e. The van der Waals surface area contributed by atoms with Crippen LogP contribution in [0.1, 0.15) is 0 Å². The Morgan fingerprint density at radius 1 is 1.38 bits per heavy atom. The van der Waals surface area contributed by atoms with Crippen molar-refractivity contribution in [3.63, 3.8) is 0 Å². The molecule has 0 amide bonds. The minimum absolute atomic E-state index is 0.734. The summed E-state index contributed by atoms with van der Waals surface area (Å²) < 4.78 is 6.15. The first-order valence-electron chi connectivity index (χ1n) is 3.76. The van der Waals surface area contributed by atoms with Crippen molar-refractivity contribution in [3.05, 3.63) is 28.9 Å². The lowest BCUT2D eigenvalue weighted by molar-refractivity contribution is 0.418. The largest absolute Gasteiger partial charge is 0.494 e. The predicted molar refractivity (Wildman–Crippen MR) is 53.8 cm³/mol. The van der Waals surface area contributed by atoms with E-state index in [9.17, 15) is 0 Å². The SMILES string of the molecule is COc1cc(Br)cc2ccnnc12. The highest BCUT2D eigenvalue weighted by Gasteiger charge is 2.03. The van der Waals surface area contributed by atoms with Gasteiger partial charge in [-0.1, -0.05) is 15.9 Å². The summed E-state index contributed by atoms with van der Waals surface area (Å²) >= 11 is 3.40. The first-order valence-corrected chi connectivity index (χ1v) is 4.55. The molecule has 0 atom stereocenters. The summed E-state index contributed by atoms with van der Waals surface area (Å²) in [5.74, 6) is 0.734. The van der Waals surface area contributed by atoms with Gasteiger partial charge in [0.25, 0.3) is 0 Å². The van der Waals surface area contributed by atoms with E-state index >= 15 is 0 Å². The van der Waals surface area contributed by atoms with Crippen LogP contribution in [-0.2, 0) is 0 Å². The third-order valence-electron chi connectivity index (χ3n) is 1.77. The minimum atomic E-state index is 0.734. The fourth-order valence-electron chi connectivity index (χ4n) is 1.19. The van der Waals surface area contributed by atoms with Crippen molar-refractivity contribution < 1.29 is 4.74 Å². The van der Waals surface area contributed by atoms with Gasteiger partial charge in [-0.2, -0.15) is 5.10 Å².